The number of aromatic nitrogens is 7. The predicted molar refractivity (Wildman–Crippen MR) is 430 cm³/mol. The van der Waals surface area contributed by atoms with E-state index < -0.39 is 113 Å². The van der Waals surface area contributed by atoms with Gasteiger partial charge in [0.1, 0.15) is 85.4 Å². The summed E-state index contributed by atoms with van der Waals surface area (Å²) in [5, 5.41) is 11.3. The highest BCUT2D eigenvalue weighted by molar-refractivity contribution is 14.1. The van der Waals surface area contributed by atoms with Crippen molar-refractivity contribution in [3.8, 4) is 51.6 Å². The summed E-state index contributed by atoms with van der Waals surface area (Å²) >= 11 is 5.70. The van der Waals surface area contributed by atoms with Gasteiger partial charge in [0.2, 0.25) is 0 Å². The zero-order chi connectivity index (χ0) is 82.7. The van der Waals surface area contributed by atoms with Crippen molar-refractivity contribution in [2.45, 2.75) is 45.8 Å². The molecular formula is C76H60F6I3N9O18S. The van der Waals surface area contributed by atoms with Crippen LogP contribution in [0, 0.1) is 42.0 Å². The summed E-state index contributed by atoms with van der Waals surface area (Å²) in [5.74, 6) is -4.60. The van der Waals surface area contributed by atoms with Crippen LogP contribution in [0.5, 0.6) is 40.2 Å². The predicted octanol–water partition coefficient (Wildman–Crippen LogP) is 12.0. The van der Waals surface area contributed by atoms with Crippen LogP contribution < -0.4 is 73.4 Å². The van der Waals surface area contributed by atoms with E-state index in [1.54, 1.807) is 91.0 Å². The number of carbonyl (C=O) groups is 3. The number of benzene rings is 7. The average molecular weight is 1910 g/mol. The van der Waals surface area contributed by atoms with Gasteiger partial charge in [0.05, 0.1) is 49.9 Å². The number of primary amides is 1. The topological polar surface area (TPSA) is 344 Å². The first-order valence-electron chi connectivity index (χ1n) is 32.9. The van der Waals surface area contributed by atoms with Gasteiger partial charge in [-0.25, -0.2) is 36.7 Å². The molecule has 0 aliphatic rings. The summed E-state index contributed by atoms with van der Waals surface area (Å²) in [6.45, 7) is 4.35. The number of anilines is 2. The number of ether oxygens (including phenoxy) is 4. The minimum atomic E-state index is -6.34. The number of carboxylic acids is 1. The van der Waals surface area contributed by atoms with Crippen molar-refractivity contribution in [3.63, 3.8) is 0 Å². The molecule has 27 nitrogen and oxygen atoms in total. The number of carboxylic acid groups (broad SMARTS) is 1. The number of rotatable bonds is 20. The van der Waals surface area contributed by atoms with Crippen molar-refractivity contribution in [2.24, 2.45) is 26.9 Å². The number of amides is 1. The number of alkyl halides is 3. The molecule has 113 heavy (non-hydrogen) atoms. The highest BCUT2D eigenvalue weighted by Crippen LogP contribution is 2.37. The molecule has 586 valence electrons. The second-order valence-electron chi connectivity index (χ2n) is 24.5. The number of methoxy groups -OCH3 is 2. The van der Waals surface area contributed by atoms with E-state index in [9.17, 15) is 79.0 Å². The van der Waals surface area contributed by atoms with Gasteiger partial charge in [-0.05, 0) is 190 Å². The van der Waals surface area contributed by atoms with E-state index in [-0.39, 0.29) is 74.5 Å². The fraction of sp³-hybridized carbons (Fsp3) is 0.158. The molecule has 1 amide bonds. The Morgan fingerprint density at radius 1 is 0.531 bits per heavy atom. The maximum Gasteiger partial charge on any atom is 0.534 e. The number of halogens is 9. The van der Waals surface area contributed by atoms with Crippen LogP contribution in [0.4, 0.5) is 37.8 Å². The summed E-state index contributed by atoms with van der Waals surface area (Å²) in [6.07, 6.45) is 0.318. The molecule has 0 saturated carbocycles. The van der Waals surface area contributed by atoms with Gasteiger partial charge in [-0.15, -0.1) is 0 Å². The van der Waals surface area contributed by atoms with Crippen LogP contribution in [0.3, 0.4) is 0 Å². The first-order chi connectivity index (χ1) is 53.3. The molecule has 4 N–H and O–H groups in total. The first kappa shape index (κ1) is 83.9. The van der Waals surface area contributed by atoms with E-state index in [0.717, 1.165) is 49.6 Å². The van der Waals surface area contributed by atoms with Gasteiger partial charge < -0.3 is 39.3 Å². The molecular weight excluding hydrogens is 1850 g/mol. The number of nitrogens with zero attached hydrogens (tertiary/aromatic N) is 7. The van der Waals surface area contributed by atoms with Crippen LogP contribution in [0.15, 0.2) is 191 Å². The lowest BCUT2D eigenvalue weighted by Gasteiger charge is -2.19. The Morgan fingerprint density at radius 3 is 1.36 bits per heavy atom. The zero-order valence-corrected chi connectivity index (χ0v) is 67.3. The fourth-order valence-corrected chi connectivity index (χ4v) is 13.4. The highest BCUT2D eigenvalue weighted by Gasteiger charge is 2.49. The minimum absolute atomic E-state index is 0.0152. The van der Waals surface area contributed by atoms with E-state index >= 15 is 8.78 Å². The Bertz CT molecular complexity index is 6460. The number of fused-ring (bicyclic) bond motifs is 2. The molecule has 0 unspecified atom stereocenters. The molecule has 37 heteroatoms. The zero-order valence-electron chi connectivity index (χ0n) is 60.0. The van der Waals surface area contributed by atoms with E-state index in [0.29, 0.717) is 76.4 Å². The summed E-state index contributed by atoms with van der Waals surface area (Å²) in [6, 6.07) is 36.9. The number of Topliss-reactive ketones (excluding diaryl/α,β-unsaturated/α-hetero) is 1. The number of pyridine rings is 3. The Balaban J connectivity index is 0.000000181. The molecule has 0 radical (unpaired) electrons. The third-order valence-corrected chi connectivity index (χ3v) is 20.4. The number of carbonyl (C=O) groups excluding carboxylic acids is 2. The number of aryl methyl sites for hydroxylation is 2. The standard InChI is InChI=1S/C30H23FIN3O7.C23H16F4IN3O7S.C23H21FIN3O4/c1-16-20(29(38)39)5-4-6-23(16)42-24-14-25(36)33(2)27-26(24)28(37)34(15-17-7-10-19(41-3)11-8-17)30(40)35(27)22-12-9-18(32)13-21(22)31;1-29-18(32)10-17(38-39(35,36)23(25,26)27)19-20(29)31(16-8-5-13(28)9-15(16)24)22(34)30(21(19)33)11-12-3-6-14(37-2)7-4-12;1-4-17(29)14-6-5-7-18(12(14)2)32-19-11-20(30)28(3)23(21(19)22(26)31)27-16-9-8-13(25)10-15(16)24/h4-14H,15H2,1-3H3,(H,38,39);3-10H,11H2,1-2H3;5-11,27H,4H2,1-3H3,(H2,26,31). The van der Waals surface area contributed by atoms with Gasteiger partial charge in [0.25, 0.3) is 33.7 Å². The van der Waals surface area contributed by atoms with E-state index in [4.69, 9.17) is 24.7 Å². The summed E-state index contributed by atoms with van der Waals surface area (Å²) < 4.78 is 142. The number of ketones is 1. The Hall–Kier alpha value is -11.6. The van der Waals surface area contributed by atoms with Gasteiger partial charge in [-0.2, -0.15) is 21.6 Å². The lowest BCUT2D eigenvalue weighted by Crippen LogP contribution is -2.42. The minimum Gasteiger partial charge on any atom is -0.497 e. The molecule has 0 saturated heterocycles. The molecule has 0 atom stereocenters. The second-order valence-corrected chi connectivity index (χ2v) is 29.8. The maximum atomic E-state index is 15.4. The van der Waals surface area contributed by atoms with Crippen LogP contribution in [0.25, 0.3) is 33.4 Å². The number of hydrogen-bond acceptors (Lipinski definition) is 18. The third-order valence-electron chi connectivity index (χ3n) is 17.4. The number of nitrogens with one attached hydrogen (secondary N) is 1. The van der Waals surface area contributed by atoms with Crippen LogP contribution in [-0.4, -0.2) is 82.9 Å². The quantitative estimate of drug-likeness (QED) is 0.0210. The molecule has 12 aromatic rings. The summed E-state index contributed by atoms with van der Waals surface area (Å²) in [7, 11) is 0.441. The molecule has 0 spiro atoms. The van der Waals surface area contributed by atoms with Crippen LogP contribution >= 0.6 is 67.8 Å². The smallest absolute Gasteiger partial charge is 0.497 e. The van der Waals surface area contributed by atoms with Crippen molar-refractivity contribution >= 4 is 129 Å². The third kappa shape index (κ3) is 17.5. The lowest BCUT2D eigenvalue weighted by molar-refractivity contribution is -0.0499. The normalized spacial score (nSPS) is 11.3. The maximum absolute atomic E-state index is 15.4. The first-order valence-corrected chi connectivity index (χ1v) is 37.5. The molecule has 5 heterocycles. The number of hydrogen-bond donors (Lipinski definition) is 3. The SMILES string of the molecule is CCC(=O)c1cccc(Oc2cc(=O)n(C)c(Nc3ccc(I)cc3F)c2C(N)=O)c1C.COc1ccc(Cn2c(=O)c3c(OS(=O)(=O)C(F)(F)F)cc(=O)n(C)c3n(-c3ccc(I)cc3F)c2=O)cc1.COc1ccc(Cn2c(=O)c3c(Oc4cccc(C(=O)O)c4C)cc(=O)n(C)c3n(-c3ccc(I)cc3F)c2=O)cc1. The van der Waals surface area contributed by atoms with Crippen molar-refractivity contribution in [1.82, 2.24) is 32.0 Å². The van der Waals surface area contributed by atoms with Crippen LogP contribution in [0.1, 0.15) is 66.7 Å². The molecule has 0 aliphatic carbocycles. The largest absolute Gasteiger partial charge is 0.534 e. The molecule has 12 rings (SSSR count). The monoisotopic (exact) mass is 1910 g/mol. The summed E-state index contributed by atoms with van der Waals surface area (Å²) in [4.78, 5) is 130. The average Bonchev–Trinajstić information content (AvgIpc) is 0.731. The highest BCUT2D eigenvalue weighted by atomic mass is 127. The fourth-order valence-electron chi connectivity index (χ4n) is 11.6. The van der Waals surface area contributed by atoms with Crippen molar-refractivity contribution in [3.05, 3.63) is 298 Å². The number of aromatic carboxylic acids is 1. The van der Waals surface area contributed by atoms with Gasteiger partial charge in [-0.1, -0.05) is 49.4 Å². The van der Waals surface area contributed by atoms with Crippen LogP contribution in [0.2, 0.25) is 0 Å². The second kappa shape index (κ2) is 34.2. The molecule has 0 aliphatic heterocycles. The summed E-state index contributed by atoms with van der Waals surface area (Å²) in [5.41, 5.74) is -6.03. The van der Waals surface area contributed by atoms with Gasteiger partial charge in [0.15, 0.2) is 11.5 Å². The molecule has 0 bridgehead atoms. The van der Waals surface area contributed by atoms with E-state index in [1.165, 1.54) is 108 Å². The van der Waals surface area contributed by atoms with E-state index in [2.05, 4.69) is 9.50 Å². The van der Waals surface area contributed by atoms with Crippen molar-refractivity contribution in [2.75, 3.05) is 19.5 Å². The molecule has 7 aromatic carbocycles. The number of nitrogens with two attached hydrogens (primary N) is 1. The van der Waals surface area contributed by atoms with Gasteiger partial charge >= 0.3 is 33.0 Å². The Labute approximate surface area is 674 Å². The molecule has 5 aromatic heterocycles. The van der Waals surface area contributed by atoms with E-state index in [1.807, 2.05) is 45.2 Å². The van der Waals surface area contributed by atoms with Crippen molar-refractivity contribution < 1.29 is 77.4 Å². The van der Waals surface area contributed by atoms with Gasteiger partial charge in [-0.3, -0.25) is 56.4 Å². The molecule has 0 fully saturated rings. The Morgan fingerprint density at radius 2 is 0.938 bits per heavy atom. The lowest BCUT2D eigenvalue weighted by atomic mass is 10.0. The van der Waals surface area contributed by atoms with Gasteiger partial charge in [0, 0.05) is 73.2 Å². The Kier molecular flexibility index (Phi) is 25.4. The van der Waals surface area contributed by atoms with Crippen LogP contribution in [-0.2, 0) is 44.4 Å². The van der Waals surface area contributed by atoms with Crippen molar-refractivity contribution in [1.29, 1.82) is 0 Å².